The molecule has 7 heteroatoms. The van der Waals surface area contributed by atoms with Crippen LogP contribution in [-0.2, 0) is 16.0 Å². The molecule has 3 aromatic rings. The van der Waals surface area contributed by atoms with Crippen LogP contribution in [0.3, 0.4) is 0 Å². The third-order valence-electron chi connectivity index (χ3n) is 6.93. The number of hydrogen-bond acceptors (Lipinski definition) is 4. The number of likely N-dealkylation sites (tertiary alicyclic amines) is 1. The molecule has 1 heterocycles. The molecule has 36 heavy (non-hydrogen) atoms. The van der Waals surface area contributed by atoms with Gasteiger partial charge in [0.05, 0.1) is 24.4 Å². The van der Waals surface area contributed by atoms with Crippen LogP contribution < -0.4 is 11.5 Å². The molecule has 4 rings (SSSR count). The molecule has 186 valence electrons. The fraction of sp³-hybridized carbons (Fsp3) is 0.276. The average Bonchev–Trinajstić information content (AvgIpc) is 3.18. The second-order valence-corrected chi connectivity index (χ2v) is 9.36. The number of carboxylic acid groups (broad SMARTS) is 1. The Kier molecular flexibility index (Phi) is 7.80. The van der Waals surface area contributed by atoms with Gasteiger partial charge in [-0.3, -0.25) is 15.0 Å². The standard InChI is InChI=1S/C29H32N4O3/c30-27(22-12-8-20(9-13-22)21-10-14-23(15-11-21)28(31)32)25-17-24(18-26(34)35)29(36)33(25)16-4-7-19-5-2-1-3-6-19/h1-3,5-6,8-15,24-25,27H,4,7,16-18,30H2,(H3,31,32)(H,34,35)/t24-,25-,27?/m0/s1. The Morgan fingerprint density at radius 2 is 1.61 bits per heavy atom. The molecule has 1 fully saturated rings. The maximum absolute atomic E-state index is 13.1. The summed E-state index contributed by atoms with van der Waals surface area (Å²) in [6.07, 6.45) is 1.89. The molecule has 3 atom stereocenters. The van der Waals surface area contributed by atoms with Crippen molar-refractivity contribution in [3.05, 3.63) is 95.6 Å². The van der Waals surface area contributed by atoms with E-state index in [-0.39, 0.29) is 24.2 Å². The highest BCUT2D eigenvalue weighted by Crippen LogP contribution is 2.35. The van der Waals surface area contributed by atoms with Crippen molar-refractivity contribution in [2.75, 3.05) is 6.54 Å². The average molecular weight is 485 g/mol. The fourth-order valence-electron chi connectivity index (χ4n) is 4.98. The van der Waals surface area contributed by atoms with E-state index in [0.717, 1.165) is 29.5 Å². The number of carbonyl (C=O) groups excluding carboxylic acids is 1. The molecular weight excluding hydrogens is 452 g/mol. The van der Waals surface area contributed by atoms with Gasteiger partial charge in [-0.05, 0) is 41.5 Å². The zero-order chi connectivity index (χ0) is 25.7. The number of aliphatic carboxylic acids is 1. The Morgan fingerprint density at radius 1 is 1.00 bits per heavy atom. The molecule has 6 N–H and O–H groups in total. The van der Waals surface area contributed by atoms with E-state index in [1.807, 2.05) is 66.7 Å². The highest BCUT2D eigenvalue weighted by molar-refractivity contribution is 5.95. The van der Waals surface area contributed by atoms with Gasteiger partial charge >= 0.3 is 5.97 Å². The molecule has 1 saturated heterocycles. The van der Waals surface area contributed by atoms with Gasteiger partial charge in [-0.15, -0.1) is 0 Å². The Balaban J connectivity index is 1.48. The van der Waals surface area contributed by atoms with E-state index in [0.29, 0.717) is 18.5 Å². The van der Waals surface area contributed by atoms with Crippen LogP contribution in [-0.4, -0.2) is 40.3 Å². The van der Waals surface area contributed by atoms with Gasteiger partial charge in [0.25, 0.3) is 0 Å². The normalized spacial score (nSPS) is 18.2. The highest BCUT2D eigenvalue weighted by Gasteiger charge is 2.42. The monoisotopic (exact) mass is 484 g/mol. The first-order valence-corrected chi connectivity index (χ1v) is 12.2. The zero-order valence-corrected chi connectivity index (χ0v) is 20.1. The minimum absolute atomic E-state index is 0.0310. The quantitative estimate of drug-likeness (QED) is 0.255. The van der Waals surface area contributed by atoms with E-state index >= 15 is 0 Å². The summed E-state index contributed by atoms with van der Waals surface area (Å²) >= 11 is 0. The van der Waals surface area contributed by atoms with Crippen LogP contribution in [0.5, 0.6) is 0 Å². The second-order valence-electron chi connectivity index (χ2n) is 9.36. The molecule has 7 nitrogen and oxygen atoms in total. The summed E-state index contributed by atoms with van der Waals surface area (Å²) in [5.74, 6) is -1.60. The van der Waals surface area contributed by atoms with Crippen LogP contribution in [0.2, 0.25) is 0 Å². The Morgan fingerprint density at radius 3 is 2.19 bits per heavy atom. The molecule has 3 aromatic carbocycles. The van der Waals surface area contributed by atoms with Gasteiger partial charge in [-0.25, -0.2) is 0 Å². The Bertz CT molecular complexity index is 1210. The van der Waals surface area contributed by atoms with Gasteiger partial charge in [0.15, 0.2) is 0 Å². The van der Waals surface area contributed by atoms with Crippen molar-refractivity contribution in [3.8, 4) is 11.1 Å². The van der Waals surface area contributed by atoms with Crippen LogP contribution >= 0.6 is 0 Å². The van der Waals surface area contributed by atoms with Crippen molar-refractivity contribution in [1.82, 2.24) is 4.90 Å². The summed E-state index contributed by atoms with van der Waals surface area (Å²) in [6.45, 7) is 0.544. The van der Waals surface area contributed by atoms with Crippen molar-refractivity contribution in [3.63, 3.8) is 0 Å². The van der Waals surface area contributed by atoms with E-state index in [2.05, 4.69) is 12.1 Å². The van der Waals surface area contributed by atoms with Crippen LogP contribution in [0.1, 0.15) is 42.0 Å². The van der Waals surface area contributed by atoms with Gasteiger partial charge in [0, 0.05) is 12.1 Å². The van der Waals surface area contributed by atoms with Crippen LogP contribution in [0, 0.1) is 11.3 Å². The number of rotatable bonds is 10. The lowest BCUT2D eigenvalue weighted by Crippen LogP contribution is -2.41. The molecule has 1 amide bonds. The van der Waals surface area contributed by atoms with E-state index < -0.39 is 17.9 Å². The van der Waals surface area contributed by atoms with Gasteiger partial charge in [-0.2, -0.15) is 0 Å². The molecular formula is C29H32N4O3. The van der Waals surface area contributed by atoms with Crippen LogP contribution in [0.4, 0.5) is 0 Å². The van der Waals surface area contributed by atoms with Gasteiger partial charge in [-0.1, -0.05) is 78.9 Å². The van der Waals surface area contributed by atoms with Crippen LogP contribution in [0.15, 0.2) is 78.9 Å². The second kappa shape index (κ2) is 11.2. The van der Waals surface area contributed by atoms with E-state index in [1.54, 1.807) is 4.90 Å². The minimum Gasteiger partial charge on any atom is -0.481 e. The lowest BCUT2D eigenvalue weighted by Gasteiger charge is -2.30. The third kappa shape index (κ3) is 5.80. The first-order valence-electron chi connectivity index (χ1n) is 12.2. The van der Waals surface area contributed by atoms with Crippen LogP contribution in [0.25, 0.3) is 11.1 Å². The van der Waals surface area contributed by atoms with Crippen molar-refractivity contribution in [1.29, 1.82) is 5.41 Å². The van der Waals surface area contributed by atoms with Gasteiger partial charge < -0.3 is 21.5 Å². The summed E-state index contributed by atoms with van der Waals surface area (Å²) < 4.78 is 0. The third-order valence-corrected chi connectivity index (χ3v) is 6.93. The number of nitrogens with zero attached hydrogens (tertiary/aromatic N) is 1. The van der Waals surface area contributed by atoms with E-state index in [9.17, 15) is 14.7 Å². The predicted octanol–water partition coefficient (Wildman–Crippen LogP) is 3.96. The maximum Gasteiger partial charge on any atom is 0.304 e. The van der Waals surface area contributed by atoms with Crippen molar-refractivity contribution < 1.29 is 14.7 Å². The SMILES string of the molecule is N=C(N)c1ccc(-c2ccc(C(N)[C@@H]3C[C@@H](CC(=O)O)C(=O)N3CCCc3ccccc3)cc2)cc1. The number of amidine groups is 1. The summed E-state index contributed by atoms with van der Waals surface area (Å²) in [4.78, 5) is 26.3. The number of benzene rings is 3. The maximum atomic E-state index is 13.1. The lowest BCUT2D eigenvalue weighted by molar-refractivity contribution is -0.142. The molecule has 0 spiro atoms. The molecule has 1 aliphatic heterocycles. The minimum atomic E-state index is -0.966. The Labute approximate surface area is 211 Å². The van der Waals surface area contributed by atoms with Crippen molar-refractivity contribution >= 4 is 17.7 Å². The van der Waals surface area contributed by atoms with Crippen molar-refractivity contribution in [2.24, 2.45) is 17.4 Å². The molecule has 1 unspecified atom stereocenters. The summed E-state index contributed by atoms with van der Waals surface area (Å²) in [6, 6.07) is 24.8. The number of hydrogen-bond donors (Lipinski definition) is 4. The Hall–Kier alpha value is -3.97. The molecule has 0 aromatic heterocycles. The van der Waals surface area contributed by atoms with Gasteiger partial charge in [0.2, 0.25) is 5.91 Å². The van der Waals surface area contributed by atoms with E-state index in [1.165, 1.54) is 5.56 Å². The number of nitrogen functional groups attached to an aromatic ring is 1. The number of nitrogens with one attached hydrogen (secondary N) is 1. The topological polar surface area (TPSA) is 134 Å². The smallest absolute Gasteiger partial charge is 0.304 e. The number of nitrogens with two attached hydrogens (primary N) is 2. The summed E-state index contributed by atoms with van der Waals surface area (Å²) in [5, 5.41) is 16.8. The predicted molar refractivity (Wildman–Crippen MR) is 140 cm³/mol. The first kappa shape index (κ1) is 25.1. The van der Waals surface area contributed by atoms with E-state index in [4.69, 9.17) is 16.9 Å². The van der Waals surface area contributed by atoms with Gasteiger partial charge in [0.1, 0.15) is 5.84 Å². The number of carbonyl (C=O) groups is 2. The summed E-state index contributed by atoms with van der Waals surface area (Å²) in [5.41, 5.74) is 17.0. The highest BCUT2D eigenvalue weighted by atomic mass is 16.4. The fourth-order valence-corrected chi connectivity index (χ4v) is 4.98. The zero-order valence-electron chi connectivity index (χ0n) is 20.1. The van der Waals surface area contributed by atoms with Crippen molar-refractivity contribution in [2.45, 2.75) is 37.8 Å². The largest absolute Gasteiger partial charge is 0.481 e. The molecule has 0 saturated carbocycles. The first-order chi connectivity index (χ1) is 17.3. The lowest BCUT2D eigenvalue weighted by atomic mass is 9.92. The number of aryl methyl sites for hydroxylation is 1. The number of carboxylic acids is 1. The molecule has 0 aliphatic carbocycles. The summed E-state index contributed by atoms with van der Waals surface area (Å²) in [7, 11) is 0. The number of amides is 1. The molecule has 1 aliphatic rings. The molecule has 0 radical (unpaired) electrons. The molecule has 0 bridgehead atoms.